The number of nitriles is 2. The van der Waals surface area contributed by atoms with Crippen LogP contribution in [0.3, 0.4) is 0 Å². The van der Waals surface area contributed by atoms with Gasteiger partial charge in [0, 0.05) is 12.2 Å². The second-order valence-electron chi connectivity index (χ2n) is 15.2. The van der Waals surface area contributed by atoms with Gasteiger partial charge in [-0.3, -0.25) is 9.05 Å². The zero-order valence-corrected chi connectivity index (χ0v) is 35.5. The van der Waals surface area contributed by atoms with E-state index in [4.69, 9.17) is 33.7 Å². The van der Waals surface area contributed by atoms with Crippen LogP contribution in [0.1, 0.15) is 133 Å². The molecule has 0 spiro atoms. The quantitative estimate of drug-likeness (QED) is 0.0382. The van der Waals surface area contributed by atoms with Crippen molar-refractivity contribution in [2.75, 3.05) is 39.3 Å². The number of ether oxygens (including phenoxy) is 4. The van der Waals surface area contributed by atoms with Gasteiger partial charge < -0.3 is 39.8 Å². The summed E-state index contributed by atoms with van der Waals surface area (Å²) < 4.78 is 48.2. The Bertz CT molecular complexity index is 1840. The number of phosphoric ester groups is 1. The molecule has 326 valence electrons. The van der Waals surface area contributed by atoms with Crippen molar-refractivity contribution in [3.63, 3.8) is 0 Å². The van der Waals surface area contributed by atoms with Crippen LogP contribution in [-0.4, -0.2) is 87.2 Å². The van der Waals surface area contributed by atoms with Crippen LogP contribution in [-0.2, 0) is 34.4 Å². The lowest BCUT2D eigenvalue weighted by molar-refractivity contribution is -0.0790. The Morgan fingerprint density at radius 3 is 2.19 bits per heavy atom. The average Bonchev–Trinajstić information content (AvgIpc) is 3.78. The fraction of sp³-hybridized carbons (Fsp3) is 0.667. The van der Waals surface area contributed by atoms with Crippen LogP contribution in [0.4, 0.5) is 5.82 Å². The molecule has 1 saturated heterocycles. The summed E-state index contributed by atoms with van der Waals surface area (Å²) in [6.07, 6.45) is 15.8. The standard InChI is InChI=1S/C42H63N6O10P/c1-3-4-5-6-7-8-9-10-11-12-13-14-15-16-17-18-23-54-27-34(55-26-33-20-19-32(25-43)24-37(33)53-2)28-56-59(51,52)57-30-42(29-44)40(50)38(49)39(58-42)35-21-22-36-41(45)46-31-47-48(35)36/h19-22,24,31,34,38-40,49-50H,3-18,23,26-28,30H2,1-2H3,(H,51,52)(H2,45,46,47)/t34-,38+,39?,40+,42-/m1/s1. The third kappa shape index (κ3) is 14.8. The molecule has 1 aliphatic heterocycles. The van der Waals surface area contributed by atoms with E-state index in [0.717, 1.165) is 19.3 Å². The minimum Gasteiger partial charge on any atom is -0.496 e. The maximum absolute atomic E-state index is 13.2. The number of methoxy groups -OCH3 is 1. The summed E-state index contributed by atoms with van der Waals surface area (Å²) in [6, 6.07) is 11.9. The van der Waals surface area contributed by atoms with E-state index in [-0.39, 0.29) is 24.7 Å². The molecule has 0 aliphatic carbocycles. The molecule has 2 unspecified atom stereocenters. The number of benzene rings is 1. The Kier molecular flexibility index (Phi) is 20.5. The zero-order chi connectivity index (χ0) is 42.5. The third-order valence-electron chi connectivity index (χ3n) is 10.6. The van der Waals surface area contributed by atoms with Crippen molar-refractivity contribution < 1.29 is 47.7 Å². The topological polar surface area (TPSA) is 237 Å². The molecule has 5 N–H and O–H groups in total. The summed E-state index contributed by atoms with van der Waals surface area (Å²) in [5.74, 6) is 0.604. The largest absolute Gasteiger partial charge is 0.496 e. The van der Waals surface area contributed by atoms with E-state index in [1.807, 2.05) is 0 Å². The Morgan fingerprint density at radius 2 is 1.58 bits per heavy atom. The molecular formula is C42H63N6O10P. The van der Waals surface area contributed by atoms with Crippen LogP contribution in [0.15, 0.2) is 36.7 Å². The number of rotatable bonds is 30. The molecule has 0 saturated carbocycles. The van der Waals surface area contributed by atoms with Gasteiger partial charge in [-0.05, 0) is 30.7 Å². The fourth-order valence-corrected chi connectivity index (χ4v) is 7.90. The number of aromatic nitrogens is 3. The minimum absolute atomic E-state index is 0.0176. The highest BCUT2D eigenvalue weighted by Crippen LogP contribution is 2.47. The van der Waals surface area contributed by atoms with E-state index in [1.54, 1.807) is 36.4 Å². The minimum atomic E-state index is -4.89. The number of nitrogen functional groups attached to an aromatic ring is 1. The molecule has 1 fully saturated rings. The van der Waals surface area contributed by atoms with Gasteiger partial charge in [0.1, 0.15) is 54.7 Å². The number of phosphoric acid groups is 1. The van der Waals surface area contributed by atoms with E-state index in [1.165, 1.54) is 101 Å². The van der Waals surface area contributed by atoms with Gasteiger partial charge in [0.2, 0.25) is 5.60 Å². The van der Waals surface area contributed by atoms with E-state index in [9.17, 15) is 30.2 Å². The van der Waals surface area contributed by atoms with Gasteiger partial charge in [-0.2, -0.15) is 15.6 Å². The van der Waals surface area contributed by atoms with Crippen molar-refractivity contribution >= 4 is 19.2 Å². The highest BCUT2D eigenvalue weighted by Gasteiger charge is 2.57. The van der Waals surface area contributed by atoms with Crippen molar-refractivity contribution in [2.24, 2.45) is 0 Å². The monoisotopic (exact) mass is 842 g/mol. The van der Waals surface area contributed by atoms with Crippen LogP contribution < -0.4 is 10.5 Å². The smallest absolute Gasteiger partial charge is 0.472 e. The SMILES string of the molecule is CCCCCCCCCCCCCCCCCCOC[C@H](COP(=O)(O)OC[C@@]1(C#N)OC(c2ccc3c(N)ncnn23)[C@H](O)[C@@H]1O)OCc1ccc(C#N)cc1OC. The lowest BCUT2D eigenvalue weighted by atomic mass is 9.96. The zero-order valence-electron chi connectivity index (χ0n) is 34.6. The first-order chi connectivity index (χ1) is 28.6. The van der Waals surface area contributed by atoms with Crippen molar-refractivity contribution in [1.82, 2.24) is 14.6 Å². The molecule has 3 heterocycles. The fourth-order valence-electron chi connectivity index (χ4n) is 7.12. The first-order valence-electron chi connectivity index (χ1n) is 21.0. The molecule has 0 radical (unpaired) electrons. The summed E-state index contributed by atoms with van der Waals surface area (Å²) in [6.45, 7) is 1.42. The van der Waals surface area contributed by atoms with E-state index < -0.39 is 51.1 Å². The van der Waals surface area contributed by atoms with E-state index in [2.05, 4.69) is 23.1 Å². The summed E-state index contributed by atoms with van der Waals surface area (Å²) in [5.41, 5.74) is 5.40. The highest BCUT2D eigenvalue weighted by atomic mass is 31.2. The molecule has 16 nitrogen and oxygen atoms in total. The maximum atomic E-state index is 13.2. The lowest BCUT2D eigenvalue weighted by Crippen LogP contribution is -2.45. The predicted molar refractivity (Wildman–Crippen MR) is 220 cm³/mol. The van der Waals surface area contributed by atoms with Crippen molar-refractivity contribution in [3.05, 3.63) is 53.5 Å². The predicted octanol–water partition coefficient (Wildman–Crippen LogP) is 7.24. The number of aliphatic hydroxyl groups is 2. The highest BCUT2D eigenvalue weighted by molar-refractivity contribution is 7.47. The Morgan fingerprint density at radius 1 is 0.932 bits per heavy atom. The first-order valence-corrected chi connectivity index (χ1v) is 22.5. The van der Waals surface area contributed by atoms with Gasteiger partial charge in [-0.15, -0.1) is 0 Å². The van der Waals surface area contributed by atoms with E-state index in [0.29, 0.717) is 29.0 Å². The summed E-state index contributed by atoms with van der Waals surface area (Å²) in [5, 5.41) is 45.3. The first kappa shape index (κ1) is 48.0. The van der Waals surface area contributed by atoms with Gasteiger partial charge in [0.05, 0.1) is 44.3 Å². The number of anilines is 1. The van der Waals surface area contributed by atoms with Gasteiger partial charge in [-0.1, -0.05) is 109 Å². The van der Waals surface area contributed by atoms with Crippen LogP contribution in [0.25, 0.3) is 5.52 Å². The molecule has 4 rings (SSSR count). The third-order valence-corrected chi connectivity index (χ3v) is 11.6. The molecule has 1 aliphatic rings. The maximum Gasteiger partial charge on any atom is 0.472 e. The Hall–Kier alpha value is -3.67. The molecule has 6 atom stereocenters. The van der Waals surface area contributed by atoms with Gasteiger partial charge in [-0.25, -0.2) is 14.1 Å². The number of hydrogen-bond donors (Lipinski definition) is 4. The number of fused-ring (bicyclic) bond motifs is 1. The molecule has 3 aromatic rings. The van der Waals surface area contributed by atoms with E-state index >= 15 is 0 Å². The van der Waals surface area contributed by atoms with Crippen LogP contribution >= 0.6 is 7.82 Å². The number of unbranched alkanes of at least 4 members (excludes halogenated alkanes) is 15. The molecular weight excluding hydrogens is 779 g/mol. The number of hydrogen-bond acceptors (Lipinski definition) is 14. The van der Waals surface area contributed by atoms with Crippen molar-refractivity contribution in [3.8, 4) is 17.9 Å². The van der Waals surface area contributed by atoms with Crippen molar-refractivity contribution in [2.45, 2.75) is 146 Å². The van der Waals surface area contributed by atoms with Crippen LogP contribution in [0.5, 0.6) is 5.75 Å². The molecule has 0 amide bonds. The van der Waals surface area contributed by atoms with Crippen molar-refractivity contribution in [1.29, 1.82) is 10.5 Å². The number of nitrogens with two attached hydrogens (primary N) is 1. The number of nitrogens with zero attached hydrogens (tertiary/aromatic N) is 5. The average molecular weight is 843 g/mol. The van der Waals surface area contributed by atoms with Crippen LogP contribution in [0, 0.1) is 22.7 Å². The van der Waals surface area contributed by atoms with Gasteiger partial charge >= 0.3 is 7.82 Å². The number of aliphatic hydroxyl groups excluding tert-OH is 2. The summed E-state index contributed by atoms with van der Waals surface area (Å²) >= 11 is 0. The molecule has 2 aromatic heterocycles. The Labute approximate surface area is 348 Å². The normalized spacial score (nSPS) is 20.6. The van der Waals surface area contributed by atoms with Gasteiger partial charge in [0.15, 0.2) is 5.82 Å². The molecule has 59 heavy (non-hydrogen) atoms. The van der Waals surface area contributed by atoms with Gasteiger partial charge in [0.25, 0.3) is 0 Å². The molecule has 0 bridgehead atoms. The summed E-state index contributed by atoms with van der Waals surface area (Å²) in [4.78, 5) is 14.6. The summed E-state index contributed by atoms with van der Waals surface area (Å²) in [7, 11) is -3.41. The molecule has 1 aromatic carbocycles. The lowest BCUT2D eigenvalue weighted by Gasteiger charge is -2.26. The second-order valence-corrected chi connectivity index (χ2v) is 16.6. The Balaban J connectivity index is 1.22. The van der Waals surface area contributed by atoms with Crippen LogP contribution in [0.2, 0.25) is 0 Å². The molecule has 17 heteroatoms. The second kappa shape index (κ2) is 25.2.